The Morgan fingerprint density at radius 2 is 1.88 bits per heavy atom. The summed E-state index contributed by atoms with van der Waals surface area (Å²) in [5, 5.41) is 9.34. The molecule has 6 nitrogen and oxygen atoms in total. The second-order valence-electron chi connectivity index (χ2n) is 8.16. The van der Waals surface area contributed by atoms with Crippen LogP contribution < -0.4 is 0 Å². The molecule has 2 saturated heterocycles. The Morgan fingerprint density at radius 3 is 2.40 bits per heavy atom. The van der Waals surface area contributed by atoms with Crippen LogP contribution in [0.4, 0.5) is 0 Å². The maximum Gasteiger partial charge on any atom is 0.236 e. The third-order valence-corrected chi connectivity index (χ3v) is 6.01. The number of hydrogen-bond donors (Lipinski definition) is 0. The Bertz CT molecular complexity index is 481. The van der Waals surface area contributed by atoms with E-state index in [1.807, 2.05) is 4.90 Å². The van der Waals surface area contributed by atoms with E-state index in [1.54, 1.807) is 0 Å². The molecular formula is C19H35N5O. The molecule has 142 valence electrons. The summed E-state index contributed by atoms with van der Waals surface area (Å²) in [6, 6.07) is 3.45. The van der Waals surface area contributed by atoms with E-state index >= 15 is 0 Å². The molecule has 3 atom stereocenters. The van der Waals surface area contributed by atoms with Gasteiger partial charge in [-0.05, 0) is 46.3 Å². The van der Waals surface area contributed by atoms with Gasteiger partial charge in [-0.15, -0.1) is 0 Å². The highest BCUT2D eigenvalue weighted by Crippen LogP contribution is 2.20. The predicted octanol–water partition coefficient (Wildman–Crippen LogP) is 1.09. The predicted molar refractivity (Wildman–Crippen MR) is 100 cm³/mol. The summed E-state index contributed by atoms with van der Waals surface area (Å²) in [4.78, 5) is 21.5. The van der Waals surface area contributed by atoms with Gasteiger partial charge < -0.3 is 9.80 Å². The summed E-state index contributed by atoms with van der Waals surface area (Å²) in [5.41, 5.74) is 0. The summed E-state index contributed by atoms with van der Waals surface area (Å²) in [7, 11) is 4.26. The number of carbonyl (C=O) groups is 1. The number of nitriles is 1. The van der Waals surface area contributed by atoms with Crippen LogP contribution in [0.25, 0.3) is 0 Å². The summed E-state index contributed by atoms with van der Waals surface area (Å²) in [6.07, 6.45) is 2.27. The van der Waals surface area contributed by atoms with E-state index in [4.69, 9.17) is 0 Å². The lowest BCUT2D eigenvalue weighted by atomic mass is 9.98. The van der Waals surface area contributed by atoms with Crippen LogP contribution >= 0.6 is 0 Å². The molecule has 2 heterocycles. The van der Waals surface area contributed by atoms with Crippen molar-refractivity contribution in [1.29, 1.82) is 5.26 Å². The normalized spacial score (nSPS) is 27.5. The molecule has 25 heavy (non-hydrogen) atoms. The first kappa shape index (κ1) is 20.2. The number of rotatable bonds is 5. The lowest BCUT2D eigenvalue weighted by molar-refractivity contribution is -0.135. The fourth-order valence-corrected chi connectivity index (χ4v) is 4.01. The van der Waals surface area contributed by atoms with E-state index in [-0.39, 0.29) is 11.9 Å². The van der Waals surface area contributed by atoms with Gasteiger partial charge in [0.15, 0.2) is 0 Å². The number of nitrogens with zero attached hydrogens (tertiary/aromatic N) is 5. The second kappa shape index (κ2) is 8.98. The SMILES string of the molecule is CC(C)C(C#N)N1CCN(C(=O)CN(C)C2CCN(C)C(C)C2)CC1. The average molecular weight is 350 g/mol. The van der Waals surface area contributed by atoms with E-state index < -0.39 is 0 Å². The molecule has 6 heteroatoms. The first-order valence-electron chi connectivity index (χ1n) is 9.65. The number of amides is 1. The molecule has 2 fully saturated rings. The zero-order valence-electron chi connectivity index (χ0n) is 16.6. The fraction of sp³-hybridized carbons (Fsp3) is 0.895. The number of piperidine rings is 1. The fourth-order valence-electron chi connectivity index (χ4n) is 4.01. The summed E-state index contributed by atoms with van der Waals surface area (Å²) in [6.45, 7) is 11.1. The van der Waals surface area contributed by atoms with Crippen LogP contribution in [0.2, 0.25) is 0 Å². The van der Waals surface area contributed by atoms with Crippen LogP contribution in [0.1, 0.15) is 33.6 Å². The quantitative estimate of drug-likeness (QED) is 0.744. The molecular weight excluding hydrogens is 314 g/mol. The average Bonchev–Trinajstić information content (AvgIpc) is 2.58. The minimum atomic E-state index is -0.0411. The van der Waals surface area contributed by atoms with Gasteiger partial charge in [-0.1, -0.05) is 13.8 Å². The standard InChI is InChI=1S/C19H35N5O/c1-15(2)18(13-20)23-8-10-24(11-9-23)19(25)14-22(5)17-6-7-21(4)16(3)12-17/h15-18H,6-12,14H2,1-5H3. The molecule has 1 amide bonds. The summed E-state index contributed by atoms with van der Waals surface area (Å²) < 4.78 is 0. The Hall–Kier alpha value is -1.16. The van der Waals surface area contributed by atoms with Gasteiger partial charge in [0.2, 0.25) is 5.91 Å². The number of hydrogen-bond acceptors (Lipinski definition) is 5. The van der Waals surface area contributed by atoms with Crippen LogP contribution in [-0.4, -0.2) is 97.0 Å². The monoisotopic (exact) mass is 349 g/mol. The first-order chi connectivity index (χ1) is 11.8. The van der Waals surface area contributed by atoms with Gasteiger partial charge in [0, 0.05) is 38.3 Å². The smallest absolute Gasteiger partial charge is 0.236 e. The van der Waals surface area contributed by atoms with E-state index in [2.05, 4.69) is 55.6 Å². The van der Waals surface area contributed by atoms with E-state index in [1.165, 1.54) is 0 Å². The number of carbonyl (C=O) groups excluding carboxylic acids is 1. The van der Waals surface area contributed by atoms with Crippen molar-refractivity contribution in [3.05, 3.63) is 0 Å². The Labute approximate surface area is 153 Å². The van der Waals surface area contributed by atoms with Crippen molar-refractivity contribution in [3.8, 4) is 6.07 Å². The van der Waals surface area contributed by atoms with Crippen molar-refractivity contribution in [1.82, 2.24) is 19.6 Å². The molecule has 0 aliphatic carbocycles. The number of likely N-dealkylation sites (N-methyl/N-ethyl adjacent to an activating group) is 1. The maximum atomic E-state index is 12.7. The maximum absolute atomic E-state index is 12.7. The largest absolute Gasteiger partial charge is 0.339 e. The second-order valence-corrected chi connectivity index (χ2v) is 8.16. The van der Waals surface area contributed by atoms with Crippen LogP contribution in [0.5, 0.6) is 0 Å². The zero-order valence-corrected chi connectivity index (χ0v) is 16.6. The van der Waals surface area contributed by atoms with Crippen molar-refractivity contribution in [2.75, 3.05) is 53.4 Å². The highest BCUT2D eigenvalue weighted by molar-refractivity contribution is 5.78. The third kappa shape index (κ3) is 5.16. The van der Waals surface area contributed by atoms with Crippen molar-refractivity contribution < 1.29 is 4.79 Å². The molecule has 0 N–H and O–H groups in total. The Morgan fingerprint density at radius 1 is 1.24 bits per heavy atom. The van der Waals surface area contributed by atoms with E-state index in [0.29, 0.717) is 24.5 Å². The molecule has 0 radical (unpaired) electrons. The number of piperazine rings is 1. The van der Waals surface area contributed by atoms with Gasteiger partial charge in [-0.2, -0.15) is 5.26 Å². The lowest BCUT2D eigenvalue weighted by Crippen LogP contribution is -2.55. The van der Waals surface area contributed by atoms with Crippen LogP contribution in [0, 0.1) is 17.2 Å². The number of likely N-dealkylation sites (tertiary alicyclic amines) is 1. The third-order valence-electron chi connectivity index (χ3n) is 6.01. The Kier molecular flexibility index (Phi) is 7.24. The summed E-state index contributed by atoms with van der Waals surface area (Å²) in [5.74, 6) is 0.552. The zero-order chi connectivity index (χ0) is 18.6. The Balaban J connectivity index is 1.80. The molecule has 2 aliphatic rings. The molecule has 2 aliphatic heterocycles. The lowest BCUT2D eigenvalue weighted by Gasteiger charge is -2.41. The molecule has 0 aromatic rings. The van der Waals surface area contributed by atoms with Crippen LogP contribution in [0.15, 0.2) is 0 Å². The van der Waals surface area contributed by atoms with Gasteiger partial charge >= 0.3 is 0 Å². The first-order valence-corrected chi connectivity index (χ1v) is 9.65. The highest BCUT2D eigenvalue weighted by Gasteiger charge is 2.30. The molecule has 0 spiro atoms. The molecule has 0 saturated carbocycles. The topological polar surface area (TPSA) is 53.8 Å². The minimum absolute atomic E-state index is 0.0411. The van der Waals surface area contributed by atoms with Crippen LogP contribution in [0.3, 0.4) is 0 Å². The van der Waals surface area contributed by atoms with E-state index in [0.717, 1.165) is 45.6 Å². The van der Waals surface area contributed by atoms with Gasteiger partial charge in [0.05, 0.1) is 12.6 Å². The molecule has 3 unspecified atom stereocenters. The van der Waals surface area contributed by atoms with Crippen molar-refractivity contribution >= 4 is 5.91 Å². The molecule has 0 aromatic heterocycles. The van der Waals surface area contributed by atoms with Gasteiger partial charge in [-0.25, -0.2) is 0 Å². The molecule has 0 bridgehead atoms. The van der Waals surface area contributed by atoms with Crippen molar-refractivity contribution in [3.63, 3.8) is 0 Å². The van der Waals surface area contributed by atoms with Gasteiger partial charge in [0.25, 0.3) is 0 Å². The highest BCUT2D eigenvalue weighted by atomic mass is 16.2. The van der Waals surface area contributed by atoms with Gasteiger partial charge in [-0.3, -0.25) is 14.6 Å². The molecule has 0 aromatic carbocycles. The molecule has 2 rings (SSSR count). The summed E-state index contributed by atoms with van der Waals surface area (Å²) >= 11 is 0. The van der Waals surface area contributed by atoms with Crippen molar-refractivity contribution in [2.24, 2.45) is 5.92 Å². The van der Waals surface area contributed by atoms with Crippen molar-refractivity contribution in [2.45, 2.75) is 51.7 Å². The minimum Gasteiger partial charge on any atom is -0.339 e. The van der Waals surface area contributed by atoms with Crippen LogP contribution in [-0.2, 0) is 4.79 Å². The van der Waals surface area contributed by atoms with Gasteiger partial charge in [0.1, 0.15) is 6.04 Å². The van der Waals surface area contributed by atoms with E-state index in [9.17, 15) is 10.1 Å².